The van der Waals surface area contributed by atoms with Gasteiger partial charge in [-0.25, -0.2) is 9.59 Å². The van der Waals surface area contributed by atoms with E-state index in [-0.39, 0.29) is 56.9 Å². The summed E-state index contributed by atoms with van der Waals surface area (Å²) in [5.74, 6) is -0.327. The van der Waals surface area contributed by atoms with Gasteiger partial charge in [-0.05, 0) is 31.2 Å². The summed E-state index contributed by atoms with van der Waals surface area (Å²) < 4.78 is 143. The Balaban J connectivity index is 0.000000854. The van der Waals surface area contributed by atoms with Crippen molar-refractivity contribution in [2.75, 3.05) is 368 Å². The third kappa shape index (κ3) is 62.4. The SMILES string of the molecule is C.NCCOCCOCCOCCOCCOCCOCCOCCOCCOCCOCCOCCOCCC(=O)NCCCc1cn([C@@H]2O[C@H](CO)C(O)[C@@H]2O)c(=O)nc1N.[N-]=[N+]=NCCOCCOCCOCCOCCOCCOCCOCCOCCOCCOCCOCCOCCC(=O)NCCCc1cn([C@@H]2O[C@H](CO)C(O)[C@@H]2O)c(=O)nc1N. The van der Waals surface area contributed by atoms with Gasteiger partial charge in [-0.1, -0.05) is 12.5 Å². The van der Waals surface area contributed by atoms with E-state index >= 15 is 0 Å². The smallest absolute Gasteiger partial charge is 0.351 e. The summed E-state index contributed by atoms with van der Waals surface area (Å²) in [6, 6.07) is 0. The van der Waals surface area contributed by atoms with Crippen LogP contribution in [0, 0.1) is 0 Å². The van der Waals surface area contributed by atoms with E-state index in [2.05, 4.69) is 30.6 Å². The van der Waals surface area contributed by atoms with Crippen LogP contribution < -0.4 is 39.2 Å². The number of aliphatic hydroxyl groups excluding tert-OH is 6. The summed E-state index contributed by atoms with van der Waals surface area (Å²) >= 11 is 0. The molecule has 48 heteroatoms. The average Bonchev–Trinajstić information content (AvgIpc) is 1.67. The second-order valence-electron chi connectivity index (χ2n) is 27.0. The minimum absolute atomic E-state index is 0. The molecular formula is C79H148N12O36. The van der Waals surface area contributed by atoms with Crippen LogP contribution in [0.2, 0.25) is 0 Å². The van der Waals surface area contributed by atoms with Gasteiger partial charge >= 0.3 is 11.4 Å². The predicted octanol–water partition coefficient (Wildman–Crippen LogP) is -3.94. The lowest BCUT2D eigenvalue weighted by molar-refractivity contribution is -0.123. The van der Waals surface area contributed by atoms with Crippen LogP contribution in [0.4, 0.5) is 11.6 Å². The minimum Gasteiger partial charge on any atom is -0.394 e. The van der Waals surface area contributed by atoms with Crippen molar-refractivity contribution >= 4 is 23.5 Å². The van der Waals surface area contributed by atoms with Gasteiger partial charge in [-0.2, -0.15) is 9.97 Å². The fraction of sp³-hybridized carbons (Fsp3) is 0.873. The summed E-state index contributed by atoms with van der Waals surface area (Å²) in [4.78, 5) is 59.2. The van der Waals surface area contributed by atoms with Gasteiger partial charge in [0, 0.05) is 67.5 Å². The molecule has 48 nitrogen and oxygen atoms in total. The van der Waals surface area contributed by atoms with Gasteiger partial charge in [0.05, 0.1) is 330 Å². The van der Waals surface area contributed by atoms with Crippen LogP contribution in [0.5, 0.6) is 0 Å². The highest BCUT2D eigenvalue weighted by atomic mass is 16.6. The zero-order valence-electron chi connectivity index (χ0n) is 73.0. The Morgan fingerprint density at radius 3 is 0.787 bits per heavy atom. The molecule has 2 aromatic rings. The Bertz CT molecular complexity index is 3060. The molecule has 0 aromatic carbocycles. The predicted molar refractivity (Wildman–Crippen MR) is 453 cm³/mol. The fourth-order valence-electron chi connectivity index (χ4n) is 10.8. The molecule has 0 aliphatic carbocycles. The van der Waals surface area contributed by atoms with Gasteiger partial charge < -0.3 is 182 Å². The summed E-state index contributed by atoms with van der Waals surface area (Å²) in [7, 11) is 0. The molecule has 2 aliphatic heterocycles. The molecule has 2 unspecified atom stereocenters. The number of azide groups is 1. The van der Waals surface area contributed by atoms with Crippen LogP contribution in [0.3, 0.4) is 0 Å². The number of amides is 2. The lowest BCUT2D eigenvalue weighted by atomic mass is 10.1. The van der Waals surface area contributed by atoms with Gasteiger partial charge in [-0.3, -0.25) is 18.7 Å². The molecule has 0 radical (unpaired) electrons. The number of nitrogen functional groups attached to an aromatic ring is 2. The number of hydrogen-bond acceptors (Lipinski definition) is 42. The number of nitrogens with zero attached hydrogens (tertiary/aromatic N) is 7. The van der Waals surface area contributed by atoms with Crippen molar-refractivity contribution in [1.82, 2.24) is 29.7 Å². The normalized spacial score (nSPS) is 17.3. The Kier molecular flexibility index (Phi) is 78.1. The summed E-state index contributed by atoms with van der Waals surface area (Å²) in [6.07, 6.45) is -5.17. The zero-order valence-corrected chi connectivity index (χ0v) is 73.0. The number of aliphatic hydroxyl groups is 6. The van der Waals surface area contributed by atoms with Gasteiger partial charge in [0.15, 0.2) is 12.5 Å². The second kappa shape index (κ2) is 84.5. The molecule has 127 heavy (non-hydrogen) atoms. The van der Waals surface area contributed by atoms with Gasteiger partial charge in [0.25, 0.3) is 0 Å². The molecule has 0 spiro atoms. The number of nitrogens with one attached hydrogen (secondary N) is 2. The highest BCUT2D eigenvalue weighted by molar-refractivity contribution is 5.76. The standard InChI is InChI=1S/C39H71N7O18.C39H73N5O18.CH4/c40-37-32(30-46(39(51)44-37)38-36(50)35(49)33(31-47)64-38)2-1-4-42-34(48)3-6-52-8-10-54-12-14-56-16-18-58-20-22-60-24-26-62-28-29-63-27-25-61-23-21-59-19-17-57-15-13-55-11-9-53-7-5-43-45-41;40-4-7-51-9-11-53-13-15-55-17-19-57-21-23-59-25-27-61-29-28-60-26-24-58-22-20-56-18-16-54-14-12-52-10-8-50-6-3-34(46)42-5-1-2-32-30-44(39(49)43-37(32)41)38-36(48)35(47)33(31-45)62-38;/h30,33,35-36,38,47,49-50H,1-29,31H2,(H,42,48)(H2,40,44,51);30,33,35-36,38,45,47-48H,1-29,31,40H2,(H,42,46)(H2,41,43,49);1H4/t2*33-,35?,36+,38-;/m11./s1. The van der Waals surface area contributed by atoms with Crippen molar-refractivity contribution < 1.29 is 163 Å². The number of rotatable bonds is 89. The number of ether oxygens (including phenoxy) is 26. The molecule has 2 amide bonds. The molecule has 2 saturated heterocycles. The molecule has 0 bridgehead atoms. The number of carbonyl (C=O) groups excluding carboxylic acids is 2. The van der Waals surface area contributed by atoms with Crippen molar-refractivity contribution in [2.24, 2.45) is 10.8 Å². The Morgan fingerprint density at radius 2 is 0.583 bits per heavy atom. The lowest BCUT2D eigenvalue weighted by Crippen LogP contribution is -2.36. The Hall–Kier alpha value is -5.71. The Labute approximate surface area is 742 Å². The van der Waals surface area contributed by atoms with Crippen molar-refractivity contribution in [2.45, 2.75) is 95.0 Å². The average molecular weight is 1840 g/mol. The van der Waals surface area contributed by atoms with Crippen molar-refractivity contribution in [3.05, 3.63) is 54.9 Å². The monoisotopic (exact) mass is 1840 g/mol. The van der Waals surface area contributed by atoms with E-state index < -0.39 is 73.7 Å². The number of aryl methyl sites for hydroxylation is 2. The van der Waals surface area contributed by atoms with E-state index in [1.807, 2.05) is 0 Å². The van der Waals surface area contributed by atoms with Crippen LogP contribution in [0.1, 0.15) is 56.7 Å². The molecule has 4 heterocycles. The first-order valence-corrected chi connectivity index (χ1v) is 42.9. The van der Waals surface area contributed by atoms with Crippen LogP contribution in [0.25, 0.3) is 10.4 Å². The molecular weight excluding hydrogens is 1690 g/mol. The first-order chi connectivity index (χ1) is 61.8. The van der Waals surface area contributed by atoms with E-state index in [0.29, 0.717) is 367 Å². The summed E-state index contributed by atoms with van der Waals surface area (Å²) in [5, 5.41) is 68.1. The van der Waals surface area contributed by atoms with Crippen LogP contribution in [-0.2, 0) is 146 Å². The quantitative estimate of drug-likeness (QED) is 0.0130. The minimum atomic E-state index is -1.43. The van der Waals surface area contributed by atoms with Gasteiger partial charge in [-0.15, -0.1) is 0 Å². The maximum absolute atomic E-state index is 12.4. The second-order valence-corrected chi connectivity index (χ2v) is 27.0. The zero-order chi connectivity index (χ0) is 90.9. The number of hydrogen-bond donors (Lipinski definition) is 11. The van der Waals surface area contributed by atoms with Crippen LogP contribution in [0.15, 0.2) is 27.1 Å². The van der Waals surface area contributed by atoms with E-state index in [9.17, 15) is 49.8 Å². The topological polar surface area (TPSA) is 616 Å². The third-order valence-electron chi connectivity index (χ3n) is 17.4. The summed E-state index contributed by atoms with van der Waals surface area (Å²) in [5.41, 5.74) is 24.8. The first-order valence-electron chi connectivity index (χ1n) is 42.9. The van der Waals surface area contributed by atoms with Gasteiger partial charge in [0.1, 0.15) is 48.3 Å². The molecule has 4 rings (SSSR count). The molecule has 2 fully saturated rings. The van der Waals surface area contributed by atoms with Crippen molar-refractivity contribution in [3.63, 3.8) is 0 Å². The molecule has 8 atom stereocenters. The van der Waals surface area contributed by atoms with E-state index in [1.165, 1.54) is 12.4 Å². The maximum atomic E-state index is 12.4. The number of carbonyl (C=O) groups is 2. The molecule has 0 saturated carbocycles. The highest BCUT2D eigenvalue weighted by Crippen LogP contribution is 2.30. The lowest BCUT2D eigenvalue weighted by Gasteiger charge is -2.18. The van der Waals surface area contributed by atoms with E-state index in [4.69, 9.17) is 146 Å². The first kappa shape index (κ1) is 117. The van der Waals surface area contributed by atoms with Crippen molar-refractivity contribution in [1.29, 1.82) is 0 Å². The van der Waals surface area contributed by atoms with E-state index in [0.717, 1.165) is 9.13 Å². The van der Waals surface area contributed by atoms with Gasteiger partial charge in [0.2, 0.25) is 11.8 Å². The number of nitrogens with two attached hydrogens (primary N) is 3. The fourth-order valence-corrected chi connectivity index (χ4v) is 10.8. The largest absolute Gasteiger partial charge is 0.394 e. The van der Waals surface area contributed by atoms with Crippen LogP contribution in [-0.4, -0.2) is 455 Å². The van der Waals surface area contributed by atoms with Crippen molar-refractivity contribution in [3.8, 4) is 0 Å². The molecule has 2 aromatic heterocycles. The third-order valence-corrected chi connectivity index (χ3v) is 17.4. The van der Waals surface area contributed by atoms with Crippen LogP contribution >= 0.6 is 0 Å². The van der Waals surface area contributed by atoms with E-state index in [1.54, 1.807) is 0 Å². The Morgan fingerprint density at radius 1 is 0.370 bits per heavy atom. The summed E-state index contributed by atoms with van der Waals surface area (Å²) in [6.45, 7) is 21.9. The molecule has 14 N–H and O–H groups in total. The highest BCUT2D eigenvalue weighted by Gasteiger charge is 2.45. The number of aromatic nitrogens is 4. The number of anilines is 2. The maximum Gasteiger partial charge on any atom is 0.351 e. The molecule has 740 valence electrons. The molecule has 2 aliphatic rings.